The smallest absolute Gasteiger partial charge is 0.216 e. The van der Waals surface area contributed by atoms with Crippen molar-refractivity contribution in [3.05, 3.63) is 35.9 Å². The molecule has 0 unspecified atom stereocenters. The Bertz CT molecular complexity index is 491. The maximum absolute atomic E-state index is 6.23. The van der Waals surface area contributed by atoms with Gasteiger partial charge < -0.3 is 18.9 Å². The molecule has 0 spiro atoms. The Hall–Kier alpha value is -0.940. The molecule has 2 rings (SSSR count). The fourth-order valence-electron chi connectivity index (χ4n) is 3.79. The zero-order chi connectivity index (χ0) is 21.3. The molecule has 0 saturated carbocycles. The molecule has 0 amide bonds. The molecule has 0 atom stereocenters. The van der Waals surface area contributed by atoms with E-state index in [1.54, 1.807) is 0 Å². The molecule has 1 aromatic carbocycles. The monoisotopic (exact) mass is 420 g/mol. The summed E-state index contributed by atoms with van der Waals surface area (Å²) in [7, 11) is 0. The molecule has 30 heavy (non-hydrogen) atoms. The maximum Gasteiger partial charge on any atom is 0.216 e. The molecular weight excluding hydrogens is 376 g/mol. The van der Waals surface area contributed by atoms with E-state index in [4.69, 9.17) is 18.9 Å². The van der Waals surface area contributed by atoms with E-state index in [2.05, 4.69) is 13.8 Å². The van der Waals surface area contributed by atoms with Crippen molar-refractivity contribution in [2.75, 3.05) is 26.4 Å². The molecule has 0 aliphatic carbocycles. The van der Waals surface area contributed by atoms with Crippen LogP contribution >= 0.6 is 0 Å². The zero-order valence-electron chi connectivity index (χ0n) is 19.4. The van der Waals surface area contributed by atoms with Gasteiger partial charge in [-0.25, -0.2) is 0 Å². The quantitative estimate of drug-likeness (QED) is 0.197. The fourth-order valence-corrected chi connectivity index (χ4v) is 3.79. The van der Waals surface area contributed by atoms with Gasteiger partial charge in [0.2, 0.25) is 5.79 Å². The Kier molecular flexibility index (Phi) is 13.3. The van der Waals surface area contributed by atoms with Gasteiger partial charge in [0, 0.05) is 5.56 Å². The molecule has 1 fully saturated rings. The highest BCUT2D eigenvalue weighted by Gasteiger charge is 2.39. The topological polar surface area (TPSA) is 36.9 Å². The minimum atomic E-state index is -0.766. The predicted molar refractivity (Wildman–Crippen MR) is 122 cm³/mol. The lowest BCUT2D eigenvalue weighted by Gasteiger charge is -2.39. The van der Waals surface area contributed by atoms with Gasteiger partial charge in [0.1, 0.15) is 13.2 Å². The molecule has 172 valence electrons. The van der Waals surface area contributed by atoms with Crippen molar-refractivity contribution in [3.8, 4) is 0 Å². The number of unbranched alkanes of at least 4 members (excludes halogenated alkanes) is 10. The van der Waals surface area contributed by atoms with Crippen LogP contribution in [-0.4, -0.2) is 32.2 Å². The Balaban J connectivity index is 1.75. The number of benzene rings is 1. The van der Waals surface area contributed by atoms with Crippen molar-refractivity contribution < 1.29 is 18.9 Å². The first kappa shape index (κ1) is 25.3. The van der Waals surface area contributed by atoms with Crippen LogP contribution in [-0.2, 0) is 18.9 Å². The molecule has 0 aromatic heterocycles. The summed E-state index contributed by atoms with van der Waals surface area (Å²) < 4.78 is 24.5. The van der Waals surface area contributed by atoms with E-state index in [-0.39, 0.29) is 6.29 Å². The second-order valence-electron chi connectivity index (χ2n) is 8.51. The van der Waals surface area contributed by atoms with Crippen LogP contribution in [0, 0.1) is 0 Å². The largest absolute Gasteiger partial charge is 0.346 e. The number of hydrogen-bond donors (Lipinski definition) is 0. The van der Waals surface area contributed by atoms with Crippen LogP contribution in [0.2, 0.25) is 0 Å². The molecule has 0 bridgehead atoms. The Labute approximate surface area is 184 Å². The summed E-state index contributed by atoms with van der Waals surface area (Å²) in [5.41, 5.74) is 1.04. The van der Waals surface area contributed by atoms with E-state index in [1.165, 1.54) is 64.2 Å². The van der Waals surface area contributed by atoms with Gasteiger partial charge in [0.15, 0.2) is 6.29 Å². The number of ether oxygens (including phenoxy) is 4. The summed E-state index contributed by atoms with van der Waals surface area (Å²) in [6.07, 6.45) is 14.6. The van der Waals surface area contributed by atoms with Gasteiger partial charge in [-0.3, -0.25) is 0 Å². The molecular formula is C26H44O4. The van der Waals surface area contributed by atoms with E-state index in [9.17, 15) is 0 Å². The summed E-state index contributed by atoms with van der Waals surface area (Å²) in [4.78, 5) is 0. The summed E-state index contributed by atoms with van der Waals surface area (Å²) in [5.74, 6) is -0.766. The summed E-state index contributed by atoms with van der Waals surface area (Å²) >= 11 is 0. The first-order chi connectivity index (χ1) is 14.8. The van der Waals surface area contributed by atoms with Crippen LogP contribution in [0.1, 0.15) is 103 Å². The van der Waals surface area contributed by atoms with Gasteiger partial charge in [0.25, 0.3) is 0 Å². The number of rotatable bonds is 17. The highest BCUT2D eigenvalue weighted by atomic mass is 16.8. The zero-order valence-corrected chi connectivity index (χ0v) is 19.4. The van der Waals surface area contributed by atoms with Gasteiger partial charge in [-0.05, 0) is 12.8 Å². The van der Waals surface area contributed by atoms with Crippen LogP contribution in [0.15, 0.2) is 30.3 Å². The van der Waals surface area contributed by atoms with E-state index in [0.717, 1.165) is 18.4 Å². The average molecular weight is 421 g/mol. The molecule has 1 aliphatic rings. The van der Waals surface area contributed by atoms with E-state index < -0.39 is 5.79 Å². The van der Waals surface area contributed by atoms with E-state index in [1.807, 2.05) is 30.3 Å². The third-order valence-electron chi connectivity index (χ3n) is 5.71. The van der Waals surface area contributed by atoms with Crippen molar-refractivity contribution >= 4 is 0 Å². The van der Waals surface area contributed by atoms with Crippen LogP contribution in [0.4, 0.5) is 0 Å². The van der Waals surface area contributed by atoms with Crippen LogP contribution in [0.3, 0.4) is 0 Å². The van der Waals surface area contributed by atoms with Crippen LogP contribution < -0.4 is 0 Å². The SMILES string of the molecule is CCCCCCCCOC1(OCCCCCCCC)COC(c2ccccc2)OC1. The van der Waals surface area contributed by atoms with Gasteiger partial charge >= 0.3 is 0 Å². The van der Waals surface area contributed by atoms with E-state index in [0.29, 0.717) is 26.4 Å². The first-order valence-electron chi connectivity index (χ1n) is 12.4. The summed E-state index contributed by atoms with van der Waals surface area (Å²) in [5, 5.41) is 0. The highest BCUT2D eigenvalue weighted by molar-refractivity contribution is 5.16. The number of hydrogen-bond acceptors (Lipinski definition) is 4. The van der Waals surface area contributed by atoms with Gasteiger partial charge in [-0.2, -0.15) is 0 Å². The van der Waals surface area contributed by atoms with E-state index >= 15 is 0 Å². The molecule has 1 aromatic rings. The van der Waals surface area contributed by atoms with Crippen LogP contribution in [0.5, 0.6) is 0 Å². The molecule has 0 N–H and O–H groups in total. The molecule has 0 radical (unpaired) electrons. The lowest BCUT2D eigenvalue weighted by atomic mass is 10.1. The molecule has 4 heteroatoms. The summed E-state index contributed by atoms with van der Waals surface area (Å²) in [6, 6.07) is 10.1. The van der Waals surface area contributed by atoms with Gasteiger partial charge in [-0.1, -0.05) is 108 Å². The lowest BCUT2D eigenvalue weighted by Crippen LogP contribution is -2.50. The third kappa shape index (κ3) is 9.91. The minimum Gasteiger partial charge on any atom is -0.346 e. The summed E-state index contributed by atoms with van der Waals surface area (Å²) in [6.45, 7) is 6.73. The highest BCUT2D eigenvalue weighted by Crippen LogP contribution is 2.30. The lowest BCUT2D eigenvalue weighted by molar-refractivity contribution is -0.353. The average Bonchev–Trinajstić information content (AvgIpc) is 2.79. The minimum absolute atomic E-state index is 0.338. The Morgan fingerprint density at radius 1 is 0.700 bits per heavy atom. The fraction of sp³-hybridized carbons (Fsp3) is 0.769. The van der Waals surface area contributed by atoms with Crippen molar-refractivity contribution in [2.45, 2.75) is 103 Å². The van der Waals surface area contributed by atoms with Crippen molar-refractivity contribution in [2.24, 2.45) is 0 Å². The molecule has 1 aliphatic heterocycles. The van der Waals surface area contributed by atoms with Crippen LogP contribution in [0.25, 0.3) is 0 Å². The Morgan fingerprint density at radius 2 is 1.17 bits per heavy atom. The predicted octanol–water partition coefficient (Wildman–Crippen LogP) is 7.18. The van der Waals surface area contributed by atoms with Crippen molar-refractivity contribution in [3.63, 3.8) is 0 Å². The van der Waals surface area contributed by atoms with Crippen molar-refractivity contribution in [1.29, 1.82) is 0 Å². The molecule has 1 heterocycles. The molecule has 4 nitrogen and oxygen atoms in total. The van der Waals surface area contributed by atoms with Crippen molar-refractivity contribution in [1.82, 2.24) is 0 Å². The Morgan fingerprint density at radius 3 is 1.67 bits per heavy atom. The van der Waals surface area contributed by atoms with Gasteiger partial charge in [-0.15, -0.1) is 0 Å². The third-order valence-corrected chi connectivity index (χ3v) is 5.71. The second kappa shape index (κ2) is 15.8. The molecule has 1 saturated heterocycles. The standard InChI is InChI=1S/C26H44O4/c1-3-5-7-9-11-16-20-29-26(30-21-17-12-10-8-6-4-2)22-27-25(28-23-26)24-18-14-13-15-19-24/h13-15,18-19,25H,3-12,16-17,20-23H2,1-2H3. The normalized spacial score (nSPS) is 16.7. The maximum atomic E-state index is 6.23. The second-order valence-corrected chi connectivity index (χ2v) is 8.51. The first-order valence-corrected chi connectivity index (χ1v) is 12.4. The van der Waals surface area contributed by atoms with Gasteiger partial charge in [0.05, 0.1) is 13.2 Å².